The average Bonchev–Trinajstić information content (AvgIpc) is 2.21. The van der Waals surface area contributed by atoms with E-state index in [1.165, 1.54) is 0 Å². The zero-order valence-corrected chi connectivity index (χ0v) is 6.89. The molecule has 3 nitrogen and oxygen atoms in total. The Morgan fingerprint density at radius 3 is 2.90 bits per heavy atom. The summed E-state index contributed by atoms with van der Waals surface area (Å²) in [5.74, 6) is 0. The highest BCUT2D eigenvalue weighted by molar-refractivity contribution is 4.65. The predicted octanol–water partition coefficient (Wildman–Crippen LogP) is -0.0403. The molecule has 3 N–H and O–H groups in total. The van der Waals surface area contributed by atoms with Crippen molar-refractivity contribution in [3.63, 3.8) is 0 Å². The van der Waals surface area contributed by atoms with Gasteiger partial charge in [-0.1, -0.05) is 13.8 Å². The Kier molecular flexibility index (Phi) is 6.91. The first kappa shape index (κ1) is 9.88. The molecule has 3 heteroatoms. The Morgan fingerprint density at radius 2 is 2.20 bits per heavy atom. The maximum atomic E-state index is 5.55. The summed E-state index contributed by atoms with van der Waals surface area (Å²) in [6.45, 7) is 7.33. The summed E-state index contributed by atoms with van der Waals surface area (Å²) in [5.41, 5.74) is 5.55. The second-order valence-electron chi connectivity index (χ2n) is 2.04. The molecule has 1 unspecified atom stereocenters. The van der Waals surface area contributed by atoms with Gasteiger partial charge in [0.2, 0.25) is 0 Å². The van der Waals surface area contributed by atoms with Gasteiger partial charge in [0.05, 0.1) is 13.2 Å². The summed E-state index contributed by atoms with van der Waals surface area (Å²) in [5, 5.41) is 3.15. The Balaban J connectivity index is 0.000000371. The molecule has 0 aromatic rings. The van der Waals surface area contributed by atoms with E-state index in [2.05, 4.69) is 5.32 Å². The lowest BCUT2D eigenvalue weighted by atomic mass is 10.3. The highest BCUT2D eigenvalue weighted by Crippen LogP contribution is 1.84. The smallest absolute Gasteiger partial charge is 0.0630 e. The molecule has 0 aromatic heterocycles. The van der Waals surface area contributed by atoms with Gasteiger partial charge >= 0.3 is 0 Å². The normalized spacial score (nSPS) is 26.1. The van der Waals surface area contributed by atoms with Crippen LogP contribution in [0.15, 0.2) is 0 Å². The molecule has 1 aliphatic rings. The van der Waals surface area contributed by atoms with Crippen LogP contribution in [-0.4, -0.2) is 32.3 Å². The average molecular weight is 146 g/mol. The maximum Gasteiger partial charge on any atom is 0.0630 e. The zero-order chi connectivity index (χ0) is 7.82. The van der Waals surface area contributed by atoms with Gasteiger partial charge in [0, 0.05) is 19.1 Å². The van der Waals surface area contributed by atoms with Gasteiger partial charge < -0.3 is 15.8 Å². The first-order valence-corrected chi connectivity index (χ1v) is 3.93. The molecular weight excluding hydrogens is 128 g/mol. The van der Waals surface area contributed by atoms with Crippen LogP contribution in [0.3, 0.4) is 0 Å². The van der Waals surface area contributed by atoms with Crippen LogP contribution in [0.4, 0.5) is 0 Å². The van der Waals surface area contributed by atoms with E-state index in [-0.39, 0.29) is 6.04 Å². The third kappa shape index (κ3) is 4.73. The van der Waals surface area contributed by atoms with E-state index in [0.717, 1.165) is 19.7 Å². The molecule has 0 amide bonds. The molecule has 1 heterocycles. The third-order valence-electron chi connectivity index (χ3n) is 1.16. The maximum absolute atomic E-state index is 5.55. The van der Waals surface area contributed by atoms with Gasteiger partial charge in [0.15, 0.2) is 0 Å². The Bertz CT molecular complexity index is 60.6. The Hall–Kier alpha value is -0.120. The molecule has 10 heavy (non-hydrogen) atoms. The summed E-state index contributed by atoms with van der Waals surface area (Å²) in [7, 11) is 0. The number of hydrogen-bond acceptors (Lipinski definition) is 3. The van der Waals surface area contributed by atoms with Crippen LogP contribution in [0.1, 0.15) is 13.8 Å². The van der Waals surface area contributed by atoms with Crippen LogP contribution in [0, 0.1) is 0 Å². The van der Waals surface area contributed by atoms with Crippen LogP contribution in [0.25, 0.3) is 0 Å². The number of nitrogens with two attached hydrogens (primary N) is 1. The van der Waals surface area contributed by atoms with Crippen molar-refractivity contribution in [1.29, 1.82) is 0 Å². The molecule has 1 aliphatic heterocycles. The molecule has 0 aromatic carbocycles. The lowest BCUT2D eigenvalue weighted by molar-refractivity contribution is 0.142. The topological polar surface area (TPSA) is 47.3 Å². The largest absolute Gasteiger partial charge is 0.378 e. The van der Waals surface area contributed by atoms with Gasteiger partial charge in [0.25, 0.3) is 0 Å². The number of rotatable bonds is 0. The number of hydrogen-bond donors (Lipinski definition) is 2. The third-order valence-corrected chi connectivity index (χ3v) is 1.16. The Labute approximate surface area is 62.9 Å². The molecule has 0 aliphatic carbocycles. The van der Waals surface area contributed by atoms with Gasteiger partial charge in [-0.25, -0.2) is 0 Å². The minimum absolute atomic E-state index is 0.192. The van der Waals surface area contributed by atoms with Gasteiger partial charge in [-0.3, -0.25) is 0 Å². The van der Waals surface area contributed by atoms with Crippen molar-refractivity contribution in [2.45, 2.75) is 19.9 Å². The number of nitrogens with one attached hydrogen (secondary N) is 1. The predicted molar refractivity (Wildman–Crippen MR) is 43.0 cm³/mol. The second-order valence-corrected chi connectivity index (χ2v) is 2.04. The lowest BCUT2D eigenvalue weighted by Gasteiger charge is -2.03. The molecule has 62 valence electrons. The van der Waals surface area contributed by atoms with E-state index in [4.69, 9.17) is 10.5 Å². The quantitative estimate of drug-likeness (QED) is 0.504. The Morgan fingerprint density at radius 1 is 1.50 bits per heavy atom. The van der Waals surface area contributed by atoms with Gasteiger partial charge in [-0.05, 0) is 0 Å². The van der Waals surface area contributed by atoms with Crippen molar-refractivity contribution in [1.82, 2.24) is 5.32 Å². The van der Waals surface area contributed by atoms with E-state index < -0.39 is 0 Å². The molecule has 0 radical (unpaired) electrons. The fraction of sp³-hybridized carbons (Fsp3) is 1.00. The van der Waals surface area contributed by atoms with E-state index in [0.29, 0.717) is 6.61 Å². The van der Waals surface area contributed by atoms with E-state index in [1.54, 1.807) is 0 Å². The summed E-state index contributed by atoms with van der Waals surface area (Å²) in [6, 6.07) is 0.192. The highest BCUT2D eigenvalue weighted by atomic mass is 16.5. The fourth-order valence-electron chi connectivity index (χ4n) is 0.725. The van der Waals surface area contributed by atoms with Crippen molar-refractivity contribution in [2.24, 2.45) is 5.73 Å². The summed E-state index contributed by atoms with van der Waals surface area (Å²) < 4.78 is 5.12. The zero-order valence-electron chi connectivity index (χ0n) is 6.89. The van der Waals surface area contributed by atoms with E-state index in [9.17, 15) is 0 Å². The van der Waals surface area contributed by atoms with Crippen LogP contribution in [0.2, 0.25) is 0 Å². The molecule has 1 atom stereocenters. The van der Waals surface area contributed by atoms with Crippen LogP contribution in [0.5, 0.6) is 0 Å². The lowest BCUT2D eigenvalue weighted by Crippen LogP contribution is -2.34. The van der Waals surface area contributed by atoms with Crippen molar-refractivity contribution in [3.8, 4) is 0 Å². The number of ether oxygens (including phenoxy) is 1. The standard InChI is InChI=1S/C5H12N2O.C2H6/c6-5-3-7-1-2-8-4-5;1-2/h5,7H,1-4,6H2;1-2H3. The van der Waals surface area contributed by atoms with Gasteiger partial charge in [-0.15, -0.1) is 0 Å². The van der Waals surface area contributed by atoms with E-state index >= 15 is 0 Å². The molecule has 1 saturated heterocycles. The molecule has 1 fully saturated rings. The van der Waals surface area contributed by atoms with Crippen molar-refractivity contribution in [2.75, 3.05) is 26.3 Å². The van der Waals surface area contributed by atoms with Crippen LogP contribution < -0.4 is 11.1 Å². The van der Waals surface area contributed by atoms with E-state index in [1.807, 2.05) is 13.8 Å². The minimum Gasteiger partial charge on any atom is -0.378 e. The van der Waals surface area contributed by atoms with Crippen molar-refractivity contribution < 1.29 is 4.74 Å². The van der Waals surface area contributed by atoms with Crippen molar-refractivity contribution in [3.05, 3.63) is 0 Å². The van der Waals surface area contributed by atoms with Crippen molar-refractivity contribution >= 4 is 0 Å². The molecule has 0 spiro atoms. The molecule has 0 bridgehead atoms. The summed E-state index contributed by atoms with van der Waals surface area (Å²) in [4.78, 5) is 0. The SMILES string of the molecule is CC.NC1CNCCOC1. The van der Waals surface area contributed by atoms with Gasteiger partial charge in [0.1, 0.15) is 0 Å². The highest BCUT2D eigenvalue weighted by Gasteiger charge is 2.04. The minimum atomic E-state index is 0.192. The monoisotopic (exact) mass is 146 g/mol. The molecule has 1 rings (SSSR count). The fourth-order valence-corrected chi connectivity index (χ4v) is 0.725. The van der Waals surface area contributed by atoms with Crippen LogP contribution in [-0.2, 0) is 4.74 Å². The van der Waals surface area contributed by atoms with Gasteiger partial charge in [-0.2, -0.15) is 0 Å². The summed E-state index contributed by atoms with van der Waals surface area (Å²) in [6.07, 6.45) is 0. The molecular formula is C7H18N2O. The molecule has 0 saturated carbocycles. The first-order chi connectivity index (χ1) is 4.89. The van der Waals surface area contributed by atoms with Crippen LogP contribution >= 0.6 is 0 Å². The first-order valence-electron chi connectivity index (χ1n) is 3.93. The second kappa shape index (κ2) is 6.99. The summed E-state index contributed by atoms with van der Waals surface area (Å²) >= 11 is 0.